The molecule has 0 aliphatic rings. The number of anilines is 2. The summed E-state index contributed by atoms with van der Waals surface area (Å²) in [7, 11) is -1.39. The van der Waals surface area contributed by atoms with Crippen molar-refractivity contribution in [2.75, 3.05) is 42.8 Å². The Labute approximate surface area is 116 Å². The second-order valence-electron chi connectivity index (χ2n) is 4.02. The molecule has 9 heteroatoms. The highest BCUT2D eigenvalue weighted by atomic mass is 32.2. The zero-order valence-corrected chi connectivity index (χ0v) is 12.7. The van der Waals surface area contributed by atoms with Crippen LogP contribution in [0.15, 0.2) is 0 Å². The number of carbonyl (C=O) groups excluding carboxylic acids is 1. The fourth-order valence-corrected chi connectivity index (χ4v) is 2.74. The molecule has 0 radical (unpaired) electrons. The lowest BCUT2D eigenvalue weighted by Gasteiger charge is -2.17. The standard InChI is InChI=1S/C10H17N3O4S2/c1-4-17-10(14)7-8(11)12-18-9(7)13(2)5-6-19(3,15)16/h4-6H2,1-3H3,(H2,11,12). The molecule has 0 fully saturated rings. The number of nitrogens with zero attached hydrogens (tertiary/aromatic N) is 2. The van der Waals surface area contributed by atoms with Crippen LogP contribution in [0.4, 0.5) is 10.8 Å². The molecule has 0 amide bonds. The third-order valence-corrected chi connectivity index (χ3v) is 4.23. The van der Waals surface area contributed by atoms with E-state index in [0.29, 0.717) is 5.00 Å². The smallest absolute Gasteiger partial charge is 0.345 e. The summed E-state index contributed by atoms with van der Waals surface area (Å²) in [5, 5.41) is 0.514. The fourth-order valence-electron chi connectivity index (χ4n) is 1.35. The molecule has 108 valence electrons. The lowest BCUT2D eigenvalue weighted by atomic mass is 10.3. The zero-order valence-electron chi connectivity index (χ0n) is 11.0. The molecule has 0 saturated carbocycles. The van der Waals surface area contributed by atoms with Crippen molar-refractivity contribution in [2.45, 2.75) is 6.92 Å². The SMILES string of the molecule is CCOC(=O)c1c(N)nsc1N(C)CCS(C)(=O)=O. The summed E-state index contributed by atoms with van der Waals surface area (Å²) in [6, 6.07) is 0. The van der Waals surface area contributed by atoms with Gasteiger partial charge in [-0.2, -0.15) is 4.37 Å². The Kier molecular flexibility index (Phi) is 5.12. The largest absolute Gasteiger partial charge is 0.462 e. The first kappa shape index (κ1) is 15.7. The molecule has 1 aromatic heterocycles. The van der Waals surface area contributed by atoms with E-state index in [9.17, 15) is 13.2 Å². The van der Waals surface area contributed by atoms with Crippen molar-refractivity contribution < 1.29 is 17.9 Å². The normalized spacial score (nSPS) is 11.3. The topological polar surface area (TPSA) is 103 Å². The molecule has 1 rings (SSSR count). The summed E-state index contributed by atoms with van der Waals surface area (Å²) in [5.74, 6) is -0.455. The van der Waals surface area contributed by atoms with Gasteiger partial charge in [0.15, 0.2) is 5.82 Å². The van der Waals surface area contributed by atoms with Crippen LogP contribution in [0.5, 0.6) is 0 Å². The van der Waals surface area contributed by atoms with Gasteiger partial charge in [-0.1, -0.05) is 0 Å². The van der Waals surface area contributed by atoms with Crippen LogP contribution in [0.2, 0.25) is 0 Å². The maximum atomic E-state index is 11.8. The van der Waals surface area contributed by atoms with Gasteiger partial charge in [0, 0.05) is 19.8 Å². The number of rotatable bonds is 6. The highest BCUT2D eigenvalue weighted by Crippen LogP contribution is 2.30. The van der Waals surface area contributed by atoms with Gasteiger partial charge in [0.25, 0.3) is 0 Å². The number of carbonyl (C=O) groups is 1. The van der Waals surface area contributed by atoms with Gasteiger partial charge in [0.1, 0.15) is 20.4 Å². The number of hydrogen-bond donors (Lipinski definition) is 1. The van der Waals surface area contributed by atoms with E-state index in [4.69, 9.17) is 10.5 Å². The van der Waals surface area contributed by atoms with E-state index in [1.54, 1.807) is 18.9 Å². The van der Waals surface area contributed by atoms with Gasteiger partial charge in [-0.25, -0.2) is 13.2 Å². The third-order valence-electron chi connectivity index (χ3n) is 2.32. The number of sulfone groups is 1. The molecular weight excluding hydrogens is 290 g/mol. The predicted molar refractivity (Wildman–Crippen MR) is 75.5 cm³/mol. The van der Waals surface area contributed by atoms with E-state index >= 15 is 0 Å². The average Bonchev–Trinajstić information content (AvgIpc) is 2.67. The fraction of sp³-hybridized carbons (Fsp3) is 0.600. The Morgan fingerprint density at radius 1 is 1.53 bits per heavy atom. The van der Waals surface area contributed by atoms with E-state index < -0.39 is 15.8 Å². The minimum absolute atomic E-state index is 0.0103. The first-order chi connectivity index (χ1) is 8.76. The maximum absolute atomic E-state index is 11.8. The van der Waals surface area contributed by atoms with Crippen molar-refractivity contribution in [1.29, 1.82) is 0 Å². The summed E-state index contributed by atoms with van der Waals surface area (Å²) in [5.41, 5.74) is 5.84. The van der Waals surface area contributed by atoms with Gasteiger partial charge < -0.3 is 15.4 Å². The van der Waals surface area contributed by atoms with Crippen LogP contribution in [0.25, 0.3) is 0 Å². The van der Waals surface area contributed by atoms with Gasteiger partial charge in [-0.15, -0.1) is 0 Å². The van der Waals surface area contributed by atoms with Crippen LogP contribution in [-0.4, -0.2) is 51.0 Å². The summed E-state index contributed by atoms with van der Waals surface area (Å²) in [4.78, 5) is 13.4. The molecule has 2 N–H and O–H groups in total. The lowest BCUT2D eigenvalue weighted by Crippen LogP contribution is -2.25. The Morgan fingerprint density at radius 3 is 2.68 bits per heavy atom. The van der Waals surface area contributed by atoms with Gasteiger partial charge in [-0.3, -0.25) is 0 Å². The molecule has 1 heterocycles. The molecule has 1 aromatic rings. The number of nitrogen functional groups attached to an aromatic ring is 1. The second-order valence-corrected chi connectivity index (χ2v) is 7.03. The number of nitrogens with two attached hydrogens (primary N) is 1. The van der Waals surface area contributed by atoms with Crippen molar-refractivity contribution in [3.8, 4) is 0 Å². The lowest BCUT2D eigenvalue weighted by molar-refractivity contribution is 0.0528. The molecule has 0 aromatic carbocycles. The van der Waals surface area contributed by atoms with E-state index in [-0.39, 0.29) is 30.3 Å². The van der Waals surface area contributed by atoms with E-state index in [1.165, 1.54) is 0 Å². The number of ether oxygens (including phenoxy) is 1. The van der Waals surface area contributed by atoms with Gasteiger partial charge in [0.2, 0.25) is 0 Å². The van der Waals surface area contributed by atoms with Crippen molar-refractivity contribution in [1.82, 2.24) is 4.37 Å². The van der Waals surface area contributed by atoms with Gasteiger partial charge >= 0.3 is 5.97 Å². The highest BCUT2D eigenvalue weighted by molar-refractivity contribution is 7.90. The van der Waals surface area contributed by atoms with Crippen LogP contribution in [-0.2, 0) is 14.6 Å². The third kappa shape index (κ3) is 4.35. The van der Waals surface area contributed by atoms with Crippen LogP contribution >= 0.6 is 11.5 Å². The van der Waals surface area contributed by atoms with Crippen molar-refractivity contribution in [3.63, 3.8) is 0 Å². The average molecular weight is 307 g/mol. The van der Waals surface area contributed by atoms with E-state index in [0.717, 1.165) is 17.8 Å². The van der Waals surface area contributed by atoms with Crippen LogP contribution < -0.4 is 10.6 Å². The zero-order chi connectivity index (χ0) is 14.6. The molecular formula is C10H17N3O4S2. The Hall–Kier alpha value is -1.35. The van der Waals surface area contributed by atoms with Crippen molar-refractivity contribution in [3.05, 3.63) is 5.56 Å². The summed E-state index contributed by atoms with van der Waals surface area (Å²) in [6.07, 6.45) is 1.16. The minimum Gasteiger partial charge on any atom is -0.462 e. The predicted octanol–water partition coefficient (Wildman–Crippen LogP) is 0.383. The second kappa shape index (κ2) is 6.20. The molecule has 0 spiro atoms. The van der Waals surface area contributed by atoms with Crippen LogP contribution in [0.3, 0.4) is 0 Å². The summed E-state index contributed by atoms with van der Waals surface area (Å²) >= 11 is 1.04. The minimum atomic E-state index is -3.07. The van der Waals surface area contributed by atoms with Gasteiger partial charge in [0.05, 0.1) is 12.4 Å². The number of aromatic nitrogens is 1. The molecule has 0 saturated heterocycles. The van der Waals surface area contributed by atoms with Gasteiger partial charge in [-0.05, 0) is 18.5 Å². The first-order valence-electron chi connectivity index (χ1n) is 5.57. The van der Waals surface area contributed by atoms with E-state index in [1.807, 2.05) is 0 Å². The number of hydrogen-bond acceptors (Lipinski definition) is 8. The Balaban J connectivity index is 2.91. The Bertz CT molecular complexity index is 553. The van der Waals surface area contributed by atoms with Crippen LogP contribution in [0.1, 0.15) is 17.3 Å². The molecule has 7 nitrogen and oxygen atoms in total. The molecule has 0 aliphatic heterocycles. The molecule has 0 unspecified atom stereocenters. The monoisotopic (exact) mass is 307 g/mol. The molecule has 0 aliphatic carbocycles. The molecule has 19 heavy (non-hydrogen) atoms. The quantitative estimate of drug-likeness (QED) is 0.758. The highest BCUT2D eigenvalue weighted by Gasteiger charge is 2.23. The maximum Gasteiger partial charge on any atom is 0.345 e. The van der Waals surface area contributed by atoms with Crippen molar-refractivity contribution >= 4 is 38.2 Å². The Morgan fingerprint density at radius 2 is 2.16 bits per heavy atom. The van der Waals surface area contributed by atoms with Crippen molar-refractivity contribution in [2.24, 2.45) is 0 Å². The summed E-state index contributed by atoms with van der Waals surface area (Å²) in [6.45, 7) is 2.19. The molecule has 0 atom stereocenters. The summed E-state index contributed by atoms with van der Waals surface area (Å²) < 4.78 is 31.1. The number of esters is 1. The first-order valence-corrected chi connectivity index (χ1v) is 8.40. The molecule has 0 bridgehead atoms. The van der Waals surface area contributed by atoms with E-state index in [2.05, 4.69) is 4.37 Å². The van der Waals surface area contributed by atoms with Crippen LogP contribution in [0, 0.1) is 0 Å².